The Kier molecular flexibility index (Phi) is 3.99. The summed E-state index contributed by atoms with van der Waals surface area (Å²) in [7, 11) is 0. The van der Waals surface area contributed by atoms with Gasteiger partial charge in [0.05, 0.1) is 10.7 Å². The Morgan fingerprint density at radius 2 is 2.00 bits per heavy atom. The number of rotatable bonds is 3. The quantitative estimate of drug-likeness (QED) is 0.831. The second-order valence-corrected chi connectivity index (χ2v) is 6.19. The summed E-state index contributed by atoms with van der Waals surface area (Å²) in [6, 6.07) is 6.74. The van der Waals surface area contributed by atoms with Crippen LogP contribution >= 0.6 is 11.6 Å². The number of benzene rings is 1. The monoisotopic (exact) mass is 278 g/mol. The Morgan fingerprint density at radius 1 is 1.21 bits per heavy atom. The third kappa shape index (κ3) is 2.75. The van der Waals surface area contributed by atoms with E-state index in [0.29, 0.717) is 5.92 Å². The number of nitrogens with zero attached hydrogens (tertiary/aromatic N) is 2. The normalized spacial score (nSPS) is 24.3. The third-order valence-corrected chi connectivity index (χ3v) is 4.91. The molecule has 104 valence electrons. The van der Waals surface area contributed by atoms with Gasteiger partial charge in [-0.25, -0.2) is 0 Å². The van der Waals surface area contributed by atoms with Crippen LogP contribution in [-0.4, -0.2) is 37.6 Å². The molecule has 2 fully saturated rings. The van der Waals surface area contributed by atoms with E-state index < -0.39 is 0 Å². The first-order valence-electron chi connectivity index (χ1n) is 7.54. The van der Waals surface area contributed by atoms with E-state index in [-0.39, 0.29) is 0 Å². The van der Waals surface area contributed by atoms with Gasteiger partial charge in [-0.3, -0.25) is 0 Å². The molecule has 3 heteroatoms. The Hall–Kier alpha value is -0.730. The van der Waals surface area contributed by atoms with Crippen LogP contribution in [0.2, 0.25) is 5.02 Å². The van der Waals surface area contributed by atoms with Gasteiger partial charge in [0.25, 0.3) is 0 Å². The highest BCUT2D eigenvalue weighted by Gasteiger charge is 2.24. The fourth-order valence-electron chi connectivity index (χ4n) is 3.38. The maximum Gasteiger partial charge on any atom is 0.0642 e. The average Bonchev–Trinajstić information content (AvgIpc) is 3.10. The van der Waals surface area contributed by atoms with E-state index in [1.54, 1.807) is 0 Å². The van der Waals surface area contributed by atoms with Crippen LogP contribution in [0.25, 0.3) is 0 Å². The van der Waals surface area contributed by atoms with Crippen molar-refractivity contribution >= 4 is 17.3 Å². The number of hydrogen-bond donors (Lipinski definition) is 0. The van der Waals surface area contributed by atoms with Crippen LogP contribution in [0, 0.1) is 0 Å². The van der Waals surface area contributed by atoms with Crippen LogP contribution in [0.1, 0.15) is 37.7 Å². The molecule has 0 aromatic heterocycles. The zero-order valence-electron chi connectivity index (χ0n) is 11.7. The molecule has 0 saturated carbocycles. The molecule has 2 nitrogen and oxygen atoms in total. The first-order valence-corrected chi connectivity index (χ1v) is 7.92. The van der Waals surface area contributed by atoms with Gasteiger partial charge < -0.3 is 9.80 Å². The molecule has 0 bridgehead atoms. The predicted molar refractivity (Wildman–Crippen MR) is 82.4 cm³/mol. The van der Waals surface area contributed by atoms with Gasteiger partial charge in [0.15, 0.2) is 0 Å². The largest absolute Gasteiger partial charge is 0.370 e. The van der Waals surface area contributed by atoms with Crippen molar-refractivity contribution in [3.63, 3.8) is 0 Å². The van der Waals surface area contributed by atoms with Crippen LogP contribution in [-0.2, 0) is 0 Å². The topological polar surface area (TPSA) is 6.48 Å². The van der Waals surface area contributed by atoms with Gasteiger partial charge in [-0.2, -0.15) is 0 Å². The molecule has 0 spiro atoms. The number of hydrogen-bond acceptors (Lipinski definition) is 2. The highest BCUT2D eigenvalue weighted by atomic mass is 35.5. The van der Waals surface area contributed by atoms with Gasteiger partial charge in [-0.05, 0) is 56.0 Å². The van der Waals surface area contributed by atoms with Crippen molar-refractivity contribution in [2.75, 3.05) is 37.6 Å². The molecule has 0 radical (unpaired) electrons. The molecule has 1 aromatic rings. The van der Waals surface area contributed by atoms with Crippen molar-refractivity contribution in [2.24, 2.45) is 0 Å². The molecule has 2 heterocycles. The molecule has 0 aliphatic carbocycles. The number of anilines is 1. The fourth-order valence-corrected chi connectivity index (χ4v) is 3.69. The summed E-state index contributed by atoms with van der Waals surface area (Å²) in [6.07, 6.45) is 3.87. The van der Waals surface area contributed by atoms with E-state index in [2.05, 4.69) is 34.9 Å². The zero-order chi connectivity index (χ0) is 13.2. The summed E-state index contributed by atoms with van der Waals surface area (Å²) in [5.41, 5.74) is 2.65. The van der Waals surface area contributed by atoms with Crippen LogP contribution < -0.4 is 4.90 Å². The summed E-state index contributed by atoms with van der Waals surface area (Å²) in [5, 5.41) is 0.939. The summed E-state index contributed by atoms with van der Waals surface area (Å²) >= 11 is 6.50. The fraction of sp³-hybridized carbons (Fsp3) is 0.625. The molecule has 1 atom stereocenters. The molecule has 1 unspecified atom stereocenters. The minimum Gasteiger partial charge on any atom is -0.370 e. The average molecular weight is 279 g/mol. The smallest absolute Gasteiger partial charge is 0.0642 e. The number of halogens is 1. The second-order valence-electron chi connectivity index (χ2n) is 5.78. The first kappa shape index (κ1) is 13.3. The SMILES string of the molecule is CCN1CCC(c2ccc(N3CCCC3)c(Cl)c2)C1. The first-order chi connectivity index (χ1) is 9.28. The van der Waals surface area contributed by atoms with E-state index in [0.717, 1.165) is 24.7 Å². The van der Waals surface area contributed by atoms with Gasteiger partial charge in [0.1, 0.15) is 0 Å². The van der Waals surface area contributed by atoms with E-state index >= 15 is 0 Å². The maximum atomic E-state index is 6.50. The molecule has 19 heavy (non-hydrogen) atoms. The molecular weight excluding hydrogens is 256 g/mol. The third-order valence-electron chi connectivity index (χ3n) is 4.61. The van der Waals surface area contributed by atoms with E-state index in [1.807, 2.05) is 0 Å². The van der Waals surface area contributed by atoms with Gasteiger partial charge >= 0.3 is 0 Å². The molecular formula is C16H23ClN2. The van der Waals surface area contributed by atoms with Crippen LogP contribution in [0.15, 0.2) is 18.2 Å². The molecule has 2 aliphatic heterocycles. The lowest BCUT2D eigenvalue weighted by Gasteiger charge is -2.21. The van der Waals surface area contributed by atoms with Crippen molar-refractivity contribution in [3.05, 3.63) is 28.8 Å². The van der Waals surface area contributed by atoms with E-state index in [4.69, 9.17) is 11.6 Å². The summed E-state index contributed by atoms with van der Waals surface area (Å²) < 4.78 is 0. The molecule has 2 saturated heterocycles. The zero-order valence-corrected chi connectivity index (χ0v) is 12.5. The highest BCUT2D eigenvalue weighted by molar-refractivity contribution is 6.33. The Balaban J connectivity index is 1.75. The van der Waals surface area contributed by atoms with Crippen molar-refractivity contribution < 1.29 is 0 Å². The lowest BCUT2D eigenvalue weighted by Crippen LogP contribution is -2.19. The molecule has 3 rings (SSSR count). The highest BCUT2D eigenvalue weighted by Crippen LogP contribution is 2.34. The number of likely N-dealkylation sites (tertiary alicyclic amines) is 1. The second kappa shape index (κ2) is 5.72. The van der Waals surface area contributed by atoms with Crippen LogP contribution in [0.5, 0.6) is 0 Å². The molecule has 1 aromatic carbocycles. The predicted octanol–water partition coefficient (Wildman–Crippen LogP) is 3.75. The van der Waals surface area contributed by atoms with Crippen molar-refractivity contribution in [2.45, 2.75) is 32.1 Å². The Bertz CT molecular complexity index is 440. The minimum atomic E-state index is 0.671. The van der Waals surface area contributed by atoms with Crippen molar-refractivity contribution in [1.82, 2.24) is 4.90 Å². The van der Waals surface area contributed by atoms with Crippen LogP contribution in [0.3, 0.4) is 0 Å². The summed E-state index contributed by atoms with van der Waals surface area (Å²) in [5.74, 6) is 0.671. The van der Waals surface area contributed by atoms with Gasteiger partial charge in [-0.15, -0.1) is 0 Å². The van der Waals surface area contributed by atoms with E-state index in [1.165, 1.54) is 43.6 Å². The van der Waals surface area contributed by atoms with E-state index in [9.17, 15) is 0 Å². The summed E-state index contributed by atoms with van der Waals surface area (Å²) in [6.45, 7) is 8.14. The minimum absolute atomic E-state index is 0.671. The van der Waals surface area contributed by atoms with Gasteiger partial charge in [-0.1, -0.05) is 24.6 Å². The van der Waals surface area contributed by atoms with Gasteiger partial charge in [0.2, 0.25) is 0 Å². The Morgan fingerprint density at radius 3 is 2.63 bits per heavy atom. The molecule has 0 amide bonds. The maximum absolute atomic E-state index is 6.50. The lowest BCUT2D eigenvalue weighted by molar-refractivity contribution is 0.354. The standard InChI is InChI=1S/C16H23ClN2/c1-2-18-10-7-14(12-18)13-5-6-16(15(17)11-13)19-8-3-4-9-19/h5-6,11,14H,2-4,7-10,12H2,1H3. The Labute approximate surface area is 121 Å². The lowest BCUT2D eigenvalue weighted by atomic mass is 9.98. The number of likely N-dealkylation sites (N-methyl/N-ethyl adjacent to an activating group) is 1. The summed E-state index contributed by atoms with van der Waals surface area (Å²) in [4.78, 5) is 4.94. The van der Waals surface area contributed by atoms with Gasteiger partial charge in [0, 0.05) is 19.6 Å². The molecule has 0 N–H and O–H groups in total. The van der Waals surface area contributed by atoms with Crippen molar-refractivity contribution in [1.29, 1.82) is 0 Å². The van der Waals surface area contributed by atoms with Crippen molar-refractivity contribution in [3.8, 4) is 0 Å². The van der Waals surface area contributed by atoms with Crippen LogP contribution in [0.4, 0.5) is 5.69 Å². The molecule has 2 aliphatic rings.